The summed E-state index contributed by atoms with van der Waals surface area (Å²) >= 11 is 6.19. The fourth-order valence-corrected chi connectivity index (χ4v) is 4.18. The number of alkyl halides is 3. The van der Waals surface area contributed by atoms with Gasteiger partial charge in [-0.1, -0.05) is 23.7 Å². The van der Waals surface area contributed by atoms with Gasteiger partial charge in [0.05, 0.1) is 6.67 Å². The zero-order chi connectivity index (χ0) is 22.9. The van der Waals surface area contributed by atoms with Crippen LogP contribution in [0.25, 0.3) is 11.1 Å². The summed E-state index contributed by atoms with van der Waals surface area (Å²) in [7, 11) is 0. The summed E-state index contributed by atoms with van der Waals surface area (Å²) in [5, 5.41) is 0.669. The number of pyridine rings is 1. The maximum atomic E-state index is 12.4. The second kappa shape index (κ2) is 8.64. The van der Waals surface area contributed by atoms with Crippen molar-refractivity contribution in [1.82, 2.24) is 9.88 Å². The molecule has 1 saturated heterocycles. The Balaban J connectivity index is 1.53. The van der Waals surface area contributed by atoms with Gasteiger partial charge in [-0.05, 0) is 67.4 Å². The average Bonchev–Trinajstić information content (AvgIpc) is 3.02. The van der Waals surface area contributed by atoms with Crippen molar-refractivity contribution >= 4 is 17.3 Å². The van der Waals surface area contributed by atoms with E-state index in [0.29, 0.717) is 18.2 Å². The van der Waals surface area contributed by atoms with Crippen LogP contribution in [0, 0.1) is 0 Å². The van der Waals surface area contributed by atoms with Gasteiger partial charge in [-0.25, -0.2) is 0 Å². The number of hydrogen-bond donors (Lipinski definition) is 0. The number of benzene rings is 2. The molecule has 2 heterocycles. The molecule has 1 fully saturated rings. The molecule has 1 aliphatic rings. The van der Waals surface area contributed by atoms with Crippen LogP contribution in [-0.4, -0.2) is 35.0 Å². The molecule has 0 saturated carbocycles. The lowest BCUT2D eigenvalue weighted by atomic mass is 9.99. The molecule has 0 N–H and O–H groups in total. The van der Waals surface area contributed by atoms with Crippen LogP contribution in [0.5, 0.6) is 5.75 Å². The number of ether oxygens (including phenoxy) is 1. The Morgan fingerprint density at radius 2 is 1.84 bits per heavy atom. The minimum atomic E-state index is -4.70. The fourth-order valence-electron chi connectivity index (χ4n) is 3.99. The zero-order valence-corrected chi connectivity index (χ0v) is 18.5. The summed E-state index contributed by atoms with van der Waals surface area (Å²) in [4.78, 5) is 8.79. The topological polar surface area (TPSA) is 28.6 Å². The lowest BCUT2D eigenvalue weighted by Gasteiger charge is -2.30. The molecule has 0 bridgehead atoms. The first-order valence-electron chi connectivity index (χ1n) is 10.2. The lowest BCUT2D eigenvalue weighted by Crippen LogP contribution is -2.39. The monoisotopic (exact) mass is 461 g/mol. The van der Waals surface area contributed by atoms with Gasteiger partial charge in [0, 0.05) is 47.3 Å². The van der Waals surface area contributed by atoms with Gasteiger partial charge in [-0.2, -0.15) is 0 Å². The number of anilines is 1. The minimum Gasteiger partial charge on any atom is -0.406 e. The molecular weight excluding hydrogens is 439 g/mol. The van der Waals surface area contributed by atoms with Crippen LogP contribution in [0.2, 0.25) is 5.02 Å². The zero-order valence-electron chi connectivity index (χ0n) is 17.7. The number of hydrogen-bond acceptors (Lipinski definition) is 4. The number of aromatic nitrogens is 1. The summed E-state index contributed by atoms with van der Waals surface area (Å²) in [6.07, 6.45) is -1.07. The molecule has 3 aromatic rings. The van der Waals surface area contributed by atoms with E-state index in [1.54, 1.807) is 18.3 Å². The van der Waals surface area contributed by atoms with E-state index in [2.05, 4.69) is 33.4 Å². The molecule has 1 aromatic heterocycles. The standard InChI is InChI=1S/C24H23ClF3N3O/c1-23(2)15-30(20-6-8-21(9-7-20)32-24(26,27)28)16-31(23)14-18-10-11-29-13-22(18)17-4-3-5-19(25)12-17/h3-13H,14-16H2,1-2H3. The van der Waals surface area contributed by atoms with Crippen LogP contribution < -0.4 is 9.64 Å². The van der Waals surface area contributed by atoms with Gasteiger partial charge >= 0.3 is 6.36 Å². The van der Waals surface area contributed by atoms with Crippen molar-refractivity contribution in [3.8, 4) is 16.9 Å². The fraction of sp³-hybridized carbons (Fsp3) is 0.292. The minimum absolute atomic E-state index is 0.143. The van der Waals surface area contributed by atoms with E-state index in [4.69, 9.17) is 11.6 Å². The lowest BCUT2D eigenvalue weighted by molar-refractivity contribution is -0.274. The predicted octanol–water partition coefficient (Wildman–Crippen LogP) is 6.36. The van der Waals surface area contributed by atoms with Crippen molar-refractivity contribution in [1.29, 1.82) is 0 Å². The van der Waals surface area contributed by atoms with E-state index in [9.17, 15) is 13.2 Å². The van der Waals surface area contributed by atoms with Gasteiger partial charge < -0.3 is 9.64 Å². The molecule has 4 rings (SSSR count). The second-order valence-corrected chi connectivity index (χ2v) is 8.87. The third-order valence-corrected chi connectivity index (χ3v) is 5.85. The van der Waals surface area contributed by atoms with Crippen molar-refractivity contribution in [2.75, 3.05) is 18.1 Å². The molecule has 8 heteroatoms. The van der Waals surface area contributed by atoms with Crippen LogP contribution in [-0.2, 0) is 6.54 Å². The van der Waals surface area contributed by atoms with Crippen LogP contribution >= 0.6 is 11.6 Å². The van der Waals surface area contributed by atoms with Gasteiger partial charge in [-0.3, -0.25) is 9.88 Å². The maximum absolute atomic E-state index is 12.4. The van der Waals surface area contributed by atoms with Gasteiger partial charge in [0.25, 0.3) is 0 Å². The van der Waals surface area contributed by atoms with Crippen molar-refractivity contribution in [2.45, 2.75) is 32.3 Å². The van der Waals surface area contributed by atoms with E-state index in [0.717, 1.165) is 28.9 Å². The third kappa shape index (κ3) is 5.16. The molecule has 32 heavy (non-hydrogen) atoms. The highest BCUT2D eigenvalue weighted by atomic mass is 35.5. The SMILES string of the molecule is CC1(C)CN(c2ccc(OC(F)(F)F)cc2)CN1Cc1ccncc1-c1cccc(Cl)c1. The Morgan fingerprint density at radius 1 is 1.09 bits per heavy atom. The third-order valence-electron chi connectivity index (χ3n) is 5.62. The molecule has 0 atom stereocenters. The van der Waals surface area contributed by atoms with Gasteiger partial charge in [0.15, 0.2) is 0 Å². The molecule has 1 aliphatic heterocycles. The smallest absolute Gasteiger partial charge is 0.406 e. The van der Waals surface area contributed by atoms with Crippen LogP contribution in [0.1, 0.15) is 19.4 Å². The normalized spacial score (nSPS) is 16.4. The predicted molar refractivity (Wildman–Crippen MR) is 120 cm³/mol. The molecule has 0 aliphatic carbocycles. The molecular formula is C24H23ClF3N3O. The Hall–Kier alpha value is -2.77. The van der Waals surface area contributed by atoms with Crippen molar-refractivity contribution in [3.63, 3.8) is 0 Å². The molecule has 2 aromatic carbocycles. The van der Waals surface area contributed by atoms with E-state index in [1.165, 1.54) is 12.1 Å². The summed E-state index contributed by atoms with van der Waals surface area (Å²) in [5.74, 6) is -0.223. The Morgan fingerprint density at radius 3 is 2.53 bits per heavy atom. The molecule has 4 nitrogen and oxygen atoms in total. The van der Waals surface area contributed by atoms with E-state index in [-0.39, 0.29) is 11.3 Å². The summed E-state index contributed by atoms with van der Waals surface area (Å²) in [6, 6.07) is 15.7. The number of nitrogens with zero attached hydrogens (tertiary/aromatic N) is 3. The molecule has 0 amide bonds. The van der Waals surface area contributed by atoms with Gasteiger partial charge in [-0.15, -0.1) is 13.2 Å². The van der Waals surface area contributed by atoms with Crippen molar-refractivity contribution in [2.24, 2.45) is 0 Å². The first kappa shape index (κ1) is 22.4. The van der Waals surface area contributed by atoms with Crippen LogP contribution in [0.3, 0.4) is 0 Å². The van der Waals surface area contributed by atoms with Crippen LogP contribution in [0.4, 0.5) is 18.9 Å². The van der Waals surface area contributed by atoms with E-state index < -0.39 is 6.36 Å². The highest BCUT2D eigenvalue weighted by Gasteiger charge is 2.37. The second-order valence-electron chi connectivity index (χ2n) is 8.43. The first-order chi connectivity index (χ1) is 15.1. The molecule has 0 unspecified atom stereocenters. The maximum Gasteiger partial charge on any atom is 0.573 e. The van der Waals surface area contributed by atoms with E-state index >= 15 is 0 Å². The Labute approximate surface area is 190 Å². The van der Waals surface area contributed by atoms with E-state index in [1.807, 2.05) is 36.5 Å². The average molecular weight is 462 g/mol. The largest absolute Gasteiger partial charge is 0.573 e. The van der Waals surface area contributed by atoms with Gasteiger partial charge in [0.2, 0.25) is 0 Å². The number of halogens is 4. The van der Waals surface area contributed by atoms with Crippen LogP contribution in [0.15, 0.2) is 67.0 Å². The Bertz CT molecular complexity index is 1090. The summed E-state index contributed by atoms with van der Waals surface area (Å²) in [6.45, 7) is 6.40. The molecule has 168 valence electrons. The quantitative estimate of drug-likeness (QED) is 0.442. The van der Waals surface area contributed by atoms with Crippen molar-refractivity contribution < 1.29 is 17.9 Å². The molecule has 0 spiro atoms. The Kier molecular flexibility index (Phi) is 6.05. The first-order valence-corrected chi connectivity index (χ1v) is 10.5. The van der Waals surface area contributed by atoms with Crippen molar-refractivity contribution in [3.05, 3.63) is 77.6 Å². The number of rotatable bonds is 5. The highest BCUT2D eigenvalue weighted by molar-refractivity contribution is 6.30. The van der Waals surface area contributed by atoms with Gasteiger partial charge in [0.1, 0.15) is 5.75 Å². The summed E-state index contributed by atoms with van der Waals surface area (Å²) in [5.41, 5.74) is 3.87. The molecule has 0 radical (unpaired) electrons. The highest BCUT2D eigenvalue weighted by Crippen LogP contribution is 2.34. The summed E-state index contributed by atoms with van der Waals surface area (Å²) < 4.78 is 41.3.